The van der Waals surface area contributed by atoms with Crippen molar-refractivity contribution in [3.63, 3.8) is 0 Å². The van der Waals surface area contributed by atoms with E-state index in [4.69, 9.17) is 9.47 Å². The fourth-order valence-corrected chi connectivity index (χ4v) is 4.18. The van der Waals surface area contributed by atoms with Gasteiger partial charge in [-0.2, -0.15) is 0 Å². The lowest BCUT2D eigenvalue weighted by atomic mass is 9.84. The number of benzene rings is 2. The number of likely N-dealkylation sites (tertiary alicyclic amines) is 1. The van der Waals surface area contributed by atoms with Gasteiger partial charge in [-0.05, 0) is 36.1 Å². The molecular weight excluding hydrogens is 390 g/mol. The molecule has 2 N–H and O–H groups in total. The van der Waals surface area contributed by atoms with Crippen LogP contribution < -0.4 is 20.1 Å². The highest BCUT2D eigenvalue weighted by molar-refractivity contribution is 5.74. The normalized spacial score (nSPS) is 17.2. The van der Waals surface area contributed by atoms with Gasteiger partial charge in [0, 0.05) is 37.6 Å². The molecule has 2 aromatic carbocycles. The van der Waals surface area contributed by atoms with Crippen LogP contribution in [0.25, 0.3) is 0 Å². The molecule has 0 atom stereocenters. The van der Waals surface area contributed by atoms with Crippen molar-refractivity contribution >= 4 is 6.03 Å². The van der Waals surface area contributed by atoms with Crippen molar-refractivity contribution in [2.75, 3.05) is 32.8 Å². The number of nitrogens with one attached hydrogen (secondary N) is 2. The van der Waals surface area contributed by atoms with Crippen molar-refractivity contribution in [2.24, 2.45) is 0 Å². The van der Waals surface area contributed by atoms with E-state index in [0.717, 1.165) is 49.5 Å². The summed E-state index contributed by atoms with van der Waals surface area (Å²) in [7, 11) is 0. The van der Waals surface area contributed by atoms with E-state index in [0.29, 0.717) is 19.8 Å². The summed E-state index contributed by atoms with van der Waals surface area (Å²) in [6, 6.07) is 16.7. The summed E-state index contributed by atoms with van der Waals surface area (Å²) in [5.41, 5.74) is 2.24. The summed E-state index contributed by atoms with van der Waals surface area (Å²) in [6.07, 6.45) is 1.96. The standard InChI is InChI=1S/C25H33N3O3/c1-25(2,20-8-9-22-23(16-20)31-15-14-30-22)18-26-24(29)27-21-10-12-28(13-11-21)17-19-6-4-3-5-7-19/h3-9,16,21H,10-15,17-18H2,1-2H3,(H2,26,27,29). The minimum atomic E-state index is -0.216. The number of rotatable bonds is 6. The van der Waals surface area contributed by atoms with Crippen molar-refractivity contribution in [2.45, 2.75) is 44.7 Å². The van der Waals surface area contributed by atoms with E-state index in [1.165, 1.54) is 5.56 Å². The second-order valence-electron chi connectivity index (χ2n) is 9.11. The van der Waals surface area contributed by atoms with Gasteiger partial charge in [0.2, 0.25) is 0 Å². The Labute approximate surface area is 184 Å². The van der Waals surface area contributed by atoms with Gasteiger partial charge >= 0.3 is 6.03 Å². The number of urea groups is 1. The maximum atomic E-state index is 12.5. The molecule has 1 fully saturated rings. The van der Waals surface area contributed by atoms with Gasteiger partial charge in [-0.1, -0.05) is 50.2 Å². The minimum absolute atomic E-state index is 0.0906. The molecule has 2 aliphatic heterocycles. The predicted molar refractivity (Wildman–Crippen MR) is 122 cm³/mol. The van der Waals surface area contributed by atoms with E-state index < -0.39 is 0 Å². The number of hydrogen-bond donors (Lipinski definition) is 2. The molecule has 2 heterocycles. The topological polar surface area (TPSA) is 62.8 Å². The van der Waals surface area contributed by atoms with Gasteiger partial charge in [-0.25, -0.2) is 4.79 Å². The van der Waals surface area contributed by atoms with Crippen LogP contribution in [-0.4, -0.2) is 49.8 Å². The van der Waals surface area contributed by atoms with Crippen molar-refractivity contribution in [3.8, 4) is 11.5 Å². The number of carbonyl (C=O) groups is 1. The Morgan fingerprint density at radius 2 is 1.74 bits per heavy atom. The zero-order valence-corrected chi connectivity index (χ0v) is 18.5. The highest BCUT2D eigenvalue weighted by Gasteiger charge is 2.25. The van der Waals surface area contributed by atoms with Crippen LogP contribution in [0.3, 0.4) is 0 Å². The van der Waals surface area contributed by atoms with Crippen molar-refractivity contribution < 1.29 is 14.3 Å². The lowest BCUT2D eigenvalue weighted by molar-refractivity contribution is 0.171. The molecule has 0 spiro atoms. The van der Waals surface area contributed by atoms with Gasteiger partial charge in [0.15, 0.2) is 11.5 Å². The van der Waals surface area contributed by atoms with Crippen molar-refractivity contribution in [1.82, 2.24) is 15.5 Å². The molecule has 0 saturated carbocycles. The van der Waals surface area contributed by atoms with Crippen LogP contribution in [-0.2, 0) is 12.0 Å². The molecule has 166 valence electrons. The molecule has 0 aliphatic carbocycles. The molecular formula is C25H33N3O3. The number of fused-ring (bicyclic) bond motifs is 1. The molecule has 2 amide bonds. The first-order valence-corrected chi connectivity index (χ1v) is 11.2. The molecule has 6 heteroatoms. The second kappa shape index (κ2) is 9.60. The van der Waals surface area contributed by atoms with E-state index in [1.807, 2.05) is 18.2 Å². The third-order valence-electron chi connectivity index (χ3n) is 6.19. The van der Waals surface area contributed by atoms with Gasteiger partial charge in [-0.15, -0.1) is 0 Å². The zero-order valence-electron chi connectivity index (χ0n) is 18.5. The Morgan fingerprint density at radius 3 is 2.48 bits per heavy atom. The third-order valence-corrected chi connectivity index (χ3v) is 6.19. The summed E-state index contributed by atoms with van der Waals surface area (Å²) in [4.78, 5) is 15.0. The zero-order chi connectivity index (χ0) is 21.7. The summed E-state index contributed by atoms with van der Waals surface area (Å²) in [5, 5.41) is 6.22. The quantitative estimate of drug-likeness (QED) is 0.744. The van der Waals surface area contributed by atoms with Gasteiger partial charge in [0.1, 0.15) is 13.2 Å². The highest BCUT2D eigenvalue weighted by Crippen LogP contribution is 2.34. The first-order chi connectivity index (χ1) is 15.0. The van der Waals surface area contributed by atoms with E-state index in [-0.39, 0.29) is 17.5 Å². The molecule has 0 radical (unpaired) electrons. The van der Waals surface area contributed by atoms with Gasteiger partial charge < -0.3 is 20.1 Å². The number of piperidine rings is 1. The monoisotopic (exact) mass is 423 g/mol. The van der Waals surface area contributed by atoms with Gasteiger partial charge in [0.05, 0.1) is 0 Å². The molecule has 0 aromatic heterocycles. The number of nitrogens with zero attached hydrogens (tertiary/aromatic N) is 1. The fraction of sp³-hybridized carbons (Fsp3) is 0.480. The smallest absolute Gasteiger partial charge is 0.315 e. The number of ether oxygens (including phenoxy) is 2. The summed E-state index contributed by atoms with van der Waals surface area (Å²) >= 11 is 0. The molecule has 6 nitrogen and oxygen atoms in total. The van der Waals surface area contributed by atoms with E-state index in [1.54, 1.807) is 0 Å². The minimum Gasteiger partial charge on any atom is -0.486 e. The molecule has 2 aromatic rings. The van der Waals surface area contributed by atoms with Crippen LogP contribution >= 0.6 is 0 Å². The van der Waals surface area contributed by atoms with Crippen molar-refractivity contribution in [1.29, 1.82) is 0 Å². The number of carbonyl (C=O) groups excluding carboxylic acids is 1. The van der Waals surface area contributed by atoms with E-state index in [9.17, 15) is 4.79 Å². The Bertz CT molecular complexity index is 877. The average molecular weight is 424 g/mol. The fourth-order valence-electron chi connectivity index (χ4n) is 4.18. The SMILES string of the molecule is CC(C)(CNC(=O)NC1CCN(Cc2ccccc2)CC1)c1ccc2c(c1)OCCO2. The van der Waals surface area contributed by atoms with Gasteiger partial charge in [-0.3, -0.25) is 4.90 Å². The van der Waals surface area contributed by atoms with Crippen LogP contribution in [0.15, 0.2) is 48.5 Å². The summed E-state index contributed by atoms with van der Waals surface area (Å²) in [6.45, 7) is 8.94. The Balaban J connectivity index is 1.22. The number of hydrogen-bond acceptors (Lipinski definition) is 4. The lowest BCUT2D eigenvalue weighted by Gasteiger charge is -2.33. The molecule has 1 saturated heterocycles. The highest BCUT2D eigenvalue weighted by atomic mass is 16.6. The molecule has 0 unspecified atom stereocenters. The molecule has 2 aliphatic rings. The molecule has 4 rings (SSSR count). The third kappa shape index (κ3) is 5.70. The maximum Gasteiger partial charge on any atom is 0.315 e. The van der Waals surface area contributed by atoms with Crippen LogP contribution in [0, 0.1) is 0 Å². The second-order valence-corrected chi connectivity index (χ2v) is 9.11. The largest absolute Gasteiger partial charge is 0.486 e. The Morgan fingerprint density at radius 1 is 1.03 bits per heavy atom. The van der Waals surface area contributed by atoms with Crippen LogP contribution in [0.4, 0.5) is 4.79 Å². The number of amides is 2. The van der Waals surface area contributed by atoms with Crippen LogP contribution in [0.5, 0.6) is 11.5 Å². The van der Waals surface area contributed by atoms with Crippen LogP contribution in [0.1, 0.15) is 37.8 Å². The maximum absolute atomic E-state index is 12.5. The lowest BCUT2D eigenvalue weighted by Crippen LogP contribution is -2.49. The first-order valence-electron chi connectivity index (χ1n) is 11.2. The first kappa shape index (κ1) is 21.5. The molecule has 31 heavy (non-hydrogen) atoms. The predicted octanol–water partition coefficient (Wildman–Crippen LogP) is 3.70. The van der Waals surface area contributed by atoms with Gasteiger partial charge in [0.25, 0.3) is 0 Å². The van der Waals surface area contributed by atoms with Crippen molar-refractivity contribution in [3.05, 3.63) is 59.7 Å². The van der Waals surface area contributed by atoms with E-state index in [2.05, 4.69) is 59.7 Å². The summed E-state index contributed by atoms with van der Waals surface area (Å²) in [5.74, 6) is 1.57. The Hall–Kier alpha value is -2.73. The Kier molecular flexibility index (Phi) is 6.66. The van der Waals surface area contributed by atoms with Crippen LogP contribution in [0.2, 0.25) is 0 Å². The van der Waals surface area contributed by atoms with E-state index >= 15 is 0 Å². The molecule has 0 bridgehead atoms. The average Bonchev–Trinajstić information content (AvgIpc) is 2.79. The summed E-state index contributed by atoms with van der Waals surface area (Å²) < 4.78 is 11.3.